The Balaban J connectivity index is 0.000000810. The Kier molecular flexibility index (Phi) is 4.28. The van der Waals surface area contributed by atoms with Crippen molar-refractivity contribution in [2.45, 2.75) is 13.8 Å². The molecule has 0 nitrogen and oxygen atoms in total. The van der Waals surface area contributed by atoms with Crippen LogP contribution < -0.4 is 4.43 Å². The van der Waals surface area contributed by atoms with Gasteiger partial charge in [-0.3, -0.25) is 0 Å². The zero-order valence-electron chi connectivity index (χ0n) is 6.64. The normalized spacial score (nSPS) is 8.60. The predicted molar refractivity (Wildman–Crippen MR) is 54.4 cm³/mol. The second kappa shape index (κ2) is 4.18. The number of halogens is 1. The standard InChI is InChI=1S/C8H9.Al.BrH.2H/c1-7-4-3-5-8(2)6-7;;;;/h4-6H,1-2H3;;1H;;. The van der Waals surface area contributed by atoms with E-state index < -0.39 is 0 Å². The van der Waals surface area contributed by atoms with E-state index in [-0.39, 0.29) is 17.0 Å². The highest BCUT2D eigenvalue weighted by Gasteiger charge is 1.87. The first kappa shape index (κ1) is 10.2. The molecule has 0 fully saturated rings. The van der Waals surface area contributed by atoms with Crippen LogP contribution in [0.15, 0.2) is 18.2 Å². The second-order valence-electron chi connectivity index (χ2n) is 2.67. The average molecular weight is 215 g/mol. The van der Waals surface area contributed by atoms with Crippen molar-refractivity contribution >= 4 is 37.7 Å². The summed E-state index contributed by atoms with van der Waals surface area (Å²) in [5.41, 5.74) is 2.78. The van der Waals surface area contributed by atoms with Gasteiger partial charge in [-0.2, -0.15) is 0 Å². The molecule has 0 radical (unpaired) electrons. The molecule has 54 valence electrons. The third kappa shape index (κ3) is 2.88. The molecule has 0 N–H and O–H groups in total. The first-order valence-corrected chi connectivity index (χ1v) is 4.23. The molecule has 0 atom stereocenters. The Bertz CT molecular complexity index is 170. The smallest absolute Gasteiger partial charge is 0.120 e. The van der Waals surface area contributed by atoms with Gasteiger partial charge in [0, 0.05) is 0 Å². The van der Waals surface area contributed by atoms with Crippen LogP contribution in [-0.2, 0) is 0 Å². The van der Waals surface area contributed by atoms with E-state index in [1.165, 1.54) is 31.8 Å². The van der Waals surface area contributed by atoms with Crippen LogP contribution in [0.2, 0.25) is 0 Å². The van der Waals surface area contributed by atoms with Crippen molar-refractivity contribution in [3.05, 3.63) is 29.3 Å². The summed E-state index contributed by atoms with van der Waals surface area (Å²) < 4.78 is 1.49. The second-order valence-corrected chi connectivity index (χ2v) is 3.82. The third-order valence-corrected chi connectivity index (χ3v) is 1.94. The molecule has 2 heteroatoms. The van der Waals surface area contributed by atoms with E-state index in [9.17, 15) is 0 Å². The third-order valence-electron chi connectivity index (χ3n) is 1.37. The molecule has 0 amide bonds. The first-order chi connectivity index (χ1) is 4.18. The molecule has 0 saturated heterocycles. The average Bonchev–Trinajstić information content (AvgIpc) is 1.59. The van der Waals surface area contributed by atoms with Crippen molar-refractivity contribution < 1.29 is 0 Å². The van der Waals surface area contributed by atoms with E-state index in [0.717, 1.165) is 0 Å². The minimum Gasteiger partial charge on any atom is -0.120 e. The molecule has 0 unspecified atom stereocenters. The quantitative estimate of drug-likeness (QED) is 0.569. The Hall–Kier alpha value is 0.232. The zero-order chi connectivity index (χ0) is 6.85. The molecular weight excluding hydrogens is 203 g/mol. The molecule has 0 spiro atoms. The van der Waals surface area contributed by atoms with Gasteiger partial charge >= 0.3 is 0 Å². The van der Waals surface area contributed by atoms with Crippen molar-refractivity contribution in [3.63, 3.8) is 0 Å². The molecule has 0 aliphatic carbocycles. The molecule has 1 aromatic rings. The highest BCUT2D eigenvalue weighted by atomic mass is 79.9. The largest absolute Gasteiger partial charge is 0.258 e. The maximum absolute atomic E-state index is 2.25. The van der Waals surface area contributed by atoms with Gasteiger partial charge in [-0.15, -0.1) is 21.4 Å². The van der Waals surface area contributed by atoms with Crippen molar-refractivity contribution in [1.29, 1.82) is 0 Å². The molecular formula is C8H12AlBr. The maximum atomic E-state index is 2.25. The molecule has 0 saturated carbocycles. The summed E-state index contributed by atoms with van der Waals surface area (Å²) >= 11 is 1.17. The molecule has 1 aromatic carbocycles. The lowest BCUT2D eigenvalue weighted by molar-refractivity contribution is 1.40. The number of hydrogen-bond donors (Lipinski definition) is 0. The Morgan fingerprint density at radius 1 is 1.00 bits per heavy atom. The number of rotatable bonds is 0. The summed E-state index contributed by atoms with van der Waals surface area (Å²) in [5, 5.41) is 0. The van der Waals surface area contributed by atoms with Crippen molar-refractivity contribution in [1.82, 2.24) is 0 Å². The lowest BCUT2D eigenvalue weighted by Crippen LogP contribution is -2.02. The summed E-state index contributed by atoms with van der Waals surface area (Å²) in [6, 6.07) is 6.71. The Morgan fingerprint density at radius 3 is 1.70 bits per heavy atom. The first-order valence-electron chi connectivity index (χ1n) is 3.23. The van der Waals surface area contributed by atoms with E-state index in [0.29, 0.717) is 0 Å². The van der Waals surface area contributed by atoms with Gasteiger partial charge in [0.15, 0.2) is 0 Å². The molecule has 0 aliphatic heterocycles. The number of hydrogen-bond acceptors (Lipinski definition) is 0. The maximum Gasteiger partial charge on any atom is 0.258 e. The van der Waals surface area contributed by atoms with E-state index in [1.54, 1.807) is 0 Å². The van der Waals surface area contributed by atoms with Crippen LogP contribution >= 0.6 is 17.0 Å². The Morgan fingerprint density at radius 2 is 1.40 bits per heavy atom. The fourth-order valence-electron chi connectivity index (χ4n) is 1.20. The van der Waals surface area contributed by atoms with Crippen molar-refractivity contribution in [2.75, 3.05) is 0 Å². The fourth-order valence-corrected chi connectivity index (χ4v) is 2.11. The SMILES string of the molecule is Br.Cc1cc(C)c[c]([AlH2])c1. The fraction of sp³-hybridized carbons (Fsp3) is 0.250. The van der Waals surface area contributed by atoms with Crippen molar-refractivity contribution in [2.24, 2.45) is 0 Å². The van der Waals surface area contributed by atoms with E-state index in [4.69, 9.17) is 0 Å². The van der Waals surface area contributed by atoms with Crippen LogP contribution in [0, 0.1) is 13.8 Å². The Labute approximate surface area is 80.8 Å². The van der Waals surface area contributed by atoms with Gasteiger partial charge in [0.25, 0.3) is 16.3 Å². The molecule has 0 bridgehead atoms. The van der Waals surface area contributed by atoms with Crippen LogP contribution in [0.5, 0.6) is 0 Å². The lowest BCUT2D eigenvalue weighted by Gasteiger charge is -1.97. The van der Waals surface area contributed by atoms with Crippen LogP contribution in [0.1, 0.15) is 11.1 Å². The van der Waals surface area contributed by atoms with Crippen LogP contribution in [0.3, 0.4) is 0 Å². The minimum absolute atomic E-state index is 0. The van der Waals surface area contributed by atoms with Crippen LogP contribution in [-0.4, -0.2) is 16.3 Å². The van der Waals surface area contributed by atoms with E-state index >= 15 is 0 Å². The van der Waals surface area contributed by atoms with Gasteiger partial charge in [0.2, 0.25) is 0 Å². The predicted octanol–water partition coefficient (Wildman–Crippen LogP) is 1.14. The van der Waals surface area contributed by atoms with Gasteiger partial charge in [-0.1, -0.05) is 29.3 Å². The zero-order valence-corrected chi connectivity index (χ0v) is 10.4. The lowest BCUT2D eigenvalue weighted by atomic mass is 10.2. The molecule has 0 aliphatic rings. The van der Waals surface area contributed by atoms with Gasteiger partial charge < -0.3 is 0 Å². The topological polar surface area (TPSA) is 0 Å². The highest BCUT2D eigenvalue weighted by Crippen LogP contribution is 1.97. The molecule has 1 rings (SSSR count). The summed E-state index contributed by atoms with van der Waals surface area (Å²) in [7, 11) is 0. The van der Waals surface area contributed by atoms with Crippen LogP contribution in [0.25, 0.3) is 0 Å². The number of aryl methyl sites for hydroxylation is 2. The van der Waals surface area contributed by atoms with E-state index in [1.807, 2.05) is 0 Å². The van der Waals surface area contributed by atoms with Gasteiger partial charge in [0.05, 0.1) is 0 Å². The number of benzene rings is 1. The summed E-state index contributed by atoms with van der Waals surface area (Å²) in [6.07, 6.45) is 0. The minimum atomic E-state index is 0. The summed E-state index contributed by atoms with van der Waals surface area (Å²) in [4.78, 5) is 0. The van der Waals surface area contributed by atoms with Gasteiger partial charge in [-0.05, 0) is 13.8 Å². The summed E-state index contributed by atoms with van der Waals surface area (Å²) in [5.74, 6) is 0. The monoisotopic (exact) mass is 214 g/mol. The van der Waals surface area contributed by atoms with Gasteiger partial charge in [-0.25, -0.2) is 0 Å². The van der Waals surface area contributed by atoms with Crippen LogP contribution in [0.4, 0.5) is 0 Å². The highest BCUT2D eigenvalue weighted by molar-refractivity contribution is 8.93. The molecule has 0 heterocycles. The molecule has 0 aromatic heterocycles. The molecule has 10 heavy (non-hydrogen) atoms. The van der Waals surface area contributed by atoms with Crippen molar-refractivity contribution in [3.8, 4) is 0 Å². The van der Waals surface area contributed by atoms with E-state index in [2.05, 4.69) is 32.0 Å². The van der Waals surface area contributed by atoms with Gasteiger partial charge in [0.1, 0.15) is 0 Å². The summed E-state index contributed by atoms with van der Waals surface area (Å²) in [6.45, 7) is 4.29.